The van der Waals surface area contributed by atoms with Gasteiger partial charge in [-0.1, -0.05) is 29.8 Å². The molecule has 0 bridgehead atoms. The van der Waals surface area contributed by atoms with E-state index in [0.29, 0.717) is 32.1 Å². The first kappa shape index (κ1) is 23.2. The number of nitrogens with zero attached hydrogens (tertiary/aromatic N) is 1. The molecule has 3 rings (SSSR count). The molecule has 9 heteroatoms. The van der Waals surface area contributed by atoms with Crippen molar-refractivity contribution in [2.75, 3.05) is 5.32 Å². The number of hydrogen-bond donors (Lipinski definition) is 2. The number of rotatable bonds is 5. The van der Waals surface area contributed by atoms with Crippen molar-refractivity contribution >= 4 is 57.2 Å². The van der Waals surface area contributed by atoms with E-state index in [0.717, 1.165) is 5.56 Å². The summed E-state index contributed by atoms with van der Waals surface area (Å²) < 4.78 is 5.98. The van der Waals surface area contributed by atoms with Crippen molar-refractivity contribution < 1.29 is 19.1 Å². The monoisotopic (exact) mass is 513 g/mol. The molecule has 0 aliphatic rings. The number of halogens is 2. The Labute approximate surface area is 197 Å². The lowest BCUT2D eigenvalue weighted by atomic mass is 10.2. The van der Waals surface area contributed by atoms with Gasteiger partial charge in [-0.15, -0.1) is 0 Å². The molecule has 0 spiro atoms. The molecular formula is C23H17BrClN3O4. The molecule has 3 aromatic carbocycles. The molecule has 0 saturated carbocycles. The zero-order valence-electron chi connectivity index (χ0n) is 16.8. The minimum Gasteiger partial charge on any atom is -0.423 e. The number of amides is 2. The van der Waals surface area contributed by atoms with E-state index < -0.39 is 17.8 Å². The fraction of sp³-hybridized carbons (Fsp3) is 0.0435. The number of carbonyl (C=O) groups excluding carboxylic acids is 3. The largest absolute Gasteiger partial charge is 0.423 e. The zero-order valence-corrected chi connectivity index (χ0v) is 19.1. The van der Waals surface area contributed by atoms with Crippen LogP contribution in [0.25, 0.3) is 0 Å². The molecule has 0 saturated heterocycles. The molecule has 0 radical (unpaired) electrons. The van der Waals surface area contributed by atoms with Crippen molar-refractivity contribution in [1.82, 2.24) is 5.43 Å². The van der Waals surface area contributed by atoms with Crippen LogP contribution in [-0.2, 0) is 9.59 Å². The Morgan fingerprint density at radius 1 is 1.00 bits per heavy atom. The van der Waals surface area contributed by atoms with Crippen LogP contribution in [-0.4, -0.2) is 24.0 Å². The Morgan fingerprint density at radius 3 is 2.41 bits per heavy atom. The molecule has 2 amide bonds. The van der Waals surface area contributed by atoms with E-state index in [1.165, 1.54) is 6.21 Å². The van der Waals surface area contributed by atoms with Crippen LogP contribution < -0.4 is 15.5 Å². The summed E-state index contributed by atoms with van der Waals surface area (Å²) in [6.07, 6.45) is 1.35. The summed E-state index contributed by atoms with van der Waals surface area (Å²) in [5, 5.41) is 6.68. The van der Waals surface area contributed by atoms with Crippen molar-refractivity contribution in [3.05, 3.63) is 92.9 Å². The predicted molar refractivity (Wildman–Crippen MR) is 126 cm³/mol. The summed E-state index contributed by atoms with van der Waals surface area (Å²) in [5.74, 6) is -1.96. The number of nitrogens with one attached hydrogen (secondary N) is 2. The maximum Gasteiger partial charge on any atom is 0.344 e. The quantitative estimate of drug-likeness (QED) is 0.169. The van der Waals surface area contributed by atoms with Crippen molar-refractivity contribution in [3.63, 3.8) is 0 Å². The molecule has 3 aromatic rings. The van der Waals surface area contributed by atoms with Crippen LogP contribution in [0.3, 0.4) is 0 Å². The molecule has 0 aliphatic carbocycles. The lowest BCUT2D eigenvalue weighted by molar-refractivity contribution is -0.136. The lowest BCUT2D eigenvalue weighted by Crippen LogP contribution is -2.32. The number of aryl methyl sites for hydroxylation is 1. The second-order valence-corrected chi connectivity index (χ2v) is 7.82. The van der Waals surface area contributed by atoms with Crippen LogP contribution >= 0.6 is 27.5 Å². The molecular weight excluding hydrogens is 498 g/mol. The second kappa shape index (κ2) is 10.7. The molecule has 7 nitrogen and oxygen atoms in total. The van der Waals surface area contributed by atoms with Crippen LogP contribution in [0.1, 0.15) is 21.5 Å². The van der Waals surface area contributed by atoms with E-state index >= 15 is 0 Å². The van der Waals surface area contributed by atoms with E-state index in [4.69, 9.17) is 16.3 Å². The van der Waals surface area contributed by atoms with Crippen molar-refractivity contribution in [2.45, 2.75) is 6.92 Å². The van der Waals surface area contributed by atoms with Crippen LogP contribution in [0.4, 0.5) is 5.69 Å². The maximum atomic E-state index is 12.2. The highest BCUT2D eigenvalue weighted by Gasteiger charge is 2.14. The highest BCUT2D eigenvalue weighted by atomic mass is 79.9. The molecule has 162 valence electrons. The van der Waals surface area contributed by atoms with Crippen LogP contribution in [0.15, 0.2) is 76.3 Å². The Balaban J connectivity index is 1.52. The fourth-order valence-corrected chi connectivity index (χ4v) is 3.11. The third kappa shape index (κ3) is 6.26. The Hall–Kier alpha value is -3.49. The Morgan fingerprint density at radius 2 is 1.72 bits per heavy atom. The van der Waals surface area contributed by atoms with Gasteiger partial charge in [0.25, 0.3) is 0 Å². The zero-order chi connectivity index (χ0) is 23.1. The van der Waals surface area contributed by atoms with E-state index in [1.54, 1.807) is 66.7 Å². The standard InChI is InChI=1S/C23H17BrClN3O4/c1-14-6-9-16(12-20(14)25)27-21(29)22(30)28-26-13-15-7-10-17(11-8-15)32-23(31)18-4-2-3-5-19(18)24/h2-13H,1H3,(H,27,29)(H,28,30)/b26-13-. The first-order chi connectivity index (χ1) is 15.3. The fourth-order valence-electron chi connectivity index (χ4n) is 2.49. The van der Waals surface area contributed by atoms with Crippen molar-refractivity contribution in [3.8, 4) is 5.75 Å². The van der Waals surface area contributed by atoms with Crippen LogP contribution in [0.5, 0.6) is 5.75 Å². The van der Waals surface area contributed by atoms with E-state index in [2.05, 4.69) is 31.8 Å². The molecule has 0 aliphatic heterocycles. The summed E-state index contributed by atoms with van der Waals surface area (Å²) in [6, 6.07) is 18.3. The van der Waals surface area contributed by atoms with Crippen molar-refractivity contribution in [2.24, 2.45) is 5.10 Å². The number of hydrazone groups is 1. The van der Waals surface area contributed by atoms with Gasteiger partial charge >= 0.3 is 17.8 Å². The third-order valence-corrected chi connectivity index (χ3v) is 5.30. The normalized spacial score (nSPS) is 10.6. The smallest absolute Gasteiger partial charge is 0.344 e. The highest BCUT2D eigenvalue weighted by molar-refractivity contribution is 9.10. The summed E-state index contributed by atoms with van der Waals surface area (Å²) in [5.41, 5.74) is 4.43. The van der Waals surface area contributed by atoms with E-state index in [9.17, 15) is 14.4 Å². The Bertz CT molecular complexity index is 1200. The topological polar surface area (TPSA) is 96.9 Å². The number of esters is 1. The number of carbonyl (C=O) groups is 3. The number of benzene rings is 3. The van der Waals surface area contributed by atoms with Gasteiger partial charge in [0.1, 0.15) is 5.75 Å². The van der Waals surface area contributed by atoms with Gasteiger partial charge < -0.3 is 10.1 Å². The maximum absolute atomic E-state index is 12.2. The van der Waals surface area contributed by atoms with E-state index in [-0.39, 0.29) is 0 Å². The molecule has 0 atom stereocenters. The minimum absolute atomic E-state index is 0.350. The number of anilines is 1. The van der Waals surface area contributed by atoms with Gasteiger partial charge in [0.15, 0.2) is 0 Å². The van der Waals surface area contributed by atoms with Gasteiger partial charge in [0.2, 0.25) is 0 Å². The second-order valence-electron chi connectivity index (χ2n) is 6.56. The van der Waals surface area contributed by atoms with Gasteiger partial charge in [0, 0.05) is 15.2 Å². The number of ether oxygens (including phenoxy) is 1. The molecule has 2 N–H and O–H groups in total. The van der Waals surface area contributed by atoms with Crippen LogP contribution in [0, 0.1) is 6.92 Å². The summed E-state index contributed by atoms with van der Waals surface area (Å²) in [7, 11) is 0. The number of hydrogen-bond acceptors (Lipinski definition) is 5. The average Bonchev–Trinajstić information content (AvgIpc) is 2.77. The van der Waals surface area contributed by atoms with Gasteiger partial charge in [-0.05, 0) is 82.5 Å². The first-order valence-electron chi connectivity index (χ1n) is 9.31. The lowest BCUT2D eigenvalue weighted by Gasteiger charge is -2.06. The SMILES string of the molecule is Cc1ccc(NC(=O)C(=O)N/N=C\c2ccc(OC(=O)c3ccccc3Br)cc2)cc1Cl. The van der Waals surface area contributed by atoms with Gasteiger partial charge in [0.05, 0.1) is 11.8 Å². The van der Waals surface area contributed by atoms with E-state index in [1.807, 2.05) is 6.92 Å². The summed E-state index contributed by atoms with van der Waals surface area (Å²) >= 11 is 9.31. The van der Waals surface area contributed by atoms with Crippen molar-refractivity contribution in [1.29, 1.82) is 0 Å². The summed E-state index contributed by atoms with van der Waals surface area (Å²) in [6.45, 7) is 1.83. The van der Waals surface area contributed by atoms with Gasteiger partial charge in [-0.2, -0.15) is 5.10 Å². The molecule has 0 heterocycles. The van der Waals surface area contributed by atoms with Gasteiger partial charge in [-0.3, -0.25) is 9.59 Å². The molecule has 0 aromatic heterocycles. The predicted octanol–water partition coefficient (Wildman–Crippen LogP) is 4.72. The third-order valence-electron chi connectivity index (χ3n) is 4.20. The van der Waals surface area contributed by atoms with Crippen LogP contribution in [0.2, 0.25) is 5.02 Å². The molecule has 0 fully saturated rings. The Kier molecular flexibility index (Phi) is 7.75. The summed E-state index contributed by atoms with van der Waals surface area (Å²) in [4.78, 5) is 36.1. The minimum atomic E-state index is -0.933. The van der Waals surface area contributed by atoms with Gasteiger partial charge in [-0.25, -0.2) is 10.2 Å². The molecule has 0 unspecified atom stereocenters. The molecule has 32 heavy (non-hydrogen) atoms. The first-order valence-corrected chi connectivity index (χ1v) is 10.5. The average molecular weight is 515 g/mol. The highest BCUT2D eigenvalue weighted by Crippen LogP contribution is 2.20.